The molecule has 8 nitrogen and oxygen atoms in total. The first kappa shape index (κ1) is 30.2. The number of amides is 1. The molecule has 246 valence electrons. The third-order valence-electron chi connectivity index (χ3n) is 10.9. The second-order valence-electron chi connectivity index (χ2n) is 14.1. The van der Waals surface area contributed by atoms with Crippen LogP contribution in [0.15, 0.2) is 30.3 Å². The predicted molar refractivity (Wildman–Crippen MR) is 173 cm³/mol. The molecule has 0 radical (unpaired) electrons. The number of hydrogen-bond donors (Lipinski definition) is 2. The van der Waals surface area contributed by atoms with Crippen molar-refractivity contribution in [2.24, 2.45) is 5.92 Å². The summed E-state index contributed by atoms with van der Waals surface area (Å²) >= 11 is 0. The molecular weight excluding hydrogens is 607 g/mol. The van der Waals surface area contributed by atoms with E-state index in [0.29, 0.717) is 54.2 Å². The van der Waals surface area contributed by atoms with E-state index in [1.165, 1.54) is 30.3 Å². The lowest BCUT2D eigenvalue weighted by molar-refractivity contribution is -0.133. The van der Waals surface area contributed by atoms with Gasteiger partial charge in [-0.25, -0.2) is 13.2 Å². The van der Waals surface area contributed by atoms with Gasteiger partial charge in [0.05, 0.1) is 23.1 Å². The number of aromatic nitrogens is 2. The standard InChI is InChI=1S/C36H38F3N5O3/c1-3-23-26(37)7-6-21-12-22(45)13-24(29(21)23)30-27(38)14-25-32(31(30)39)40-34(47-19-36-9-5-11-44(36)17-20(2)15-36)41-33(25)43-10-4-8-35(18-43)16-28(46)42-35/h6-7,12-14,20,45H,3-5,8-11,15-19H2,1-2H3,(H,42,46)/t20-,35?,36+/m1/s1. The van der Waals surface area contributed by atoms with Crippen molar-refractivity contribution in [3.8, 4) is 22.9 Å². The van der Waals surface area contributed by atoms with Gasteiger partial charge in [-0.2, -0.15) is 9.97 Å². The molecular formula is C36H38F3N5O3. The van der Waals surface area contributed by atoms with Crippen molar-refractivity contribution in [3.05, 3.63) is 53.3 Å². The first-order valence-electron chi connectivity index (χ1n) is 16.7. The highest BCUT2D eigenvalue weighted by molar-refractivity contribution is 6.03. The SMILES string of the molecule is CCc1c(F)ccc2cc(O)cc(-c3c(F)cc4c(N5CCCC6(CC(=O)N6)C5)nc(OC[C@@]56CCCN5C[C@H](C)C6)nc4c3F)c12. The summed E-state index contributed by atoms with van der Waals surface area (Å²) in [4.78, 5) is 25.7. The Balaban J connectivity index is 1.29. The van der Waals surface area contributed by atoms with Crippen LogP contribution in [0.4, 0.5) is 19.0 Å². The van der Waals surface area contributed by atoms with Crippen molar-refractivity contribution >= 4 is 33.4 Å². The highest BCUT2D eigenvalue weighted by Gasteiger charge is 2.48. The number of piperidine rings is 1. The zero-order chi connectivity index (χ0) is 32.7. The predicted octanol–water partition coefficient (Wildman–Crippen LogP) is 6.25. The first-order chi connectivity index (χ1) is 22.6. The number of nitrogens with one attached hydrogen (secondary N) is 1. The number of phenols is 1. The van der Waals surface area contributed by atoms with Crippen LogP contribution in [0.3, 0.4) is 0 Å². The van der Waals surface area contributed by atoms with Crippen molar-refractivity contribution < 1.29 is 27.8 Å². The lowest BCUT2D eigenvalue weighted by Gasteiger charge is -2.49. The van der Waals surface area contributed by atoms with Gasteiger partial charge in [-0.15, -0.1) is 0 Å². The fraction of sp³-hybridized carbons (Fsp3) is 0.472. The maximum absolute atomic E-state index is 17.0. The van der Waals surface area contributed by atoms with Crippen LogP contribution >= 0.6 is 0 Å². The Hall–Kier alpha value is -4.12. The Morgan fingerprint density at radius 3 is 2.68 bits per heavy atom. The van der Waals surface area contributed by atoms with Gasteiger partial charge >= 0.3 is 6.01 Å². The molecule has 2 N–H and O–H groups in total. The number of phenolic OH excluding ortho intramolecular Hbond substituents is 1. The summed E-state index contributed by atoms with van der Waals surface area (Å²) < 4.78 is 54.7. The maximum atomic E-state index is 17.0. The molecule has 0 bridgehead atoms. The summed E-state index contributed by atoms with van der Waals surface area (Å²) in [5.41, 5.74) is -0.709. The molecule has 4 fully saturated rings. The first-order valence-corrected chi connectivity index (χ1v) is 16.7. The second-order valence-corrected chi connectivity index (χ2v) is 14.1. The van der Waals surface area contributed by atoms with Gasteiger partial charge < -0.3 is 20.1 Å². The number of benzene rings is 3. The number of fused-ring (bicyclic) bond motifs is 3. The average Bonchev–Trinajstić information content (AvgIpc) is 3.55. The Bertz CT molecular complexity index is 1950. The normalized spacial score (nSPS) is 25.9. The van der Waals surface area contributed by atoms with Gasteiger partial charge in [-0.3, -0.25) is 9.69 Å². The zero-order valence-electron chi connectivity index (χ0n) is 26.6. The van der Waals surface area contributed by atoms with Gasteiger partial charge in [0.25, 0.3) is 0 Å². The van der Waals surface area contributed by atoms with E-state index in [1.807, 2.05) is 4.90 Å². The van der Waals surface area contributed by atoms with E-state index in [4.69, 9.17) is 9.72 Å². The molecule has 1 unspecified atom stereocenters. The van der Waals surface area contributed by atoms with E-state index in [0.717, 1.165) is 45.2 Å². The van der Waals surface area contributed by atoms with Crippen LogP contribution in [0.25, 0.3) is 32.8 Å². The smallest absolute Gasteiger partial charge is 0.319 e. The van der Waals surface area contributed by atoms with Gasteiger partial charge in [0.15, 0.2) is 5.82 Å². The molecule has 1 aromatic heterocycles. The van der Waals surface area contributed by atoms with Crippen LogP contribution in [-0.2, 0) is 11.2 Å². The number of carbonyl (C=O) groups is 1. The molecule has 11 heteroatoms. The van der Waals surface area contributed by atoms with Crippen LogP contribution in [0, 0.1) is 23.4 Å². The summed E-state index contributed by atoms with van der Waals surface area (Å²) in [6.45, 7) is 7.41. The van der Waals surface area contributed by atoms with E-state index in [-0.39, 0.29) is 46.1 Å². The fourth-order valence-corrected chi connectivity index (χ4v) is 8.92. The number of hydrogen-bond acceptors (Lipinski definition) is 7. The fourth-order valence-electron chi connectivity index (χ4n) is 8.92. The van der Waals surface area contributed by atoms with Crippen molar-refractivity contribution in [2.45, 2.75) is 69.9 Å². The average molecular weight is 646 g/mol. The van der Waals surface area contributed by atoms with Gasteiger partial charge in [-0.1, -0.05) is 19.9 Å². The molecule has 0 saturated carbocycles. The molecule has 4 saturated heterocycles. The minimum absolute atomic E-state index is 0.00284. The number of aryl methyl sites for hydroxylation is 1. The quantitative estimate of drug-likeness (QED) is 0.240. The van der Waals surface area contributed by atoms with Crippen LogP contribution in [0.1, 0.15) is 57.9 Å². The monoisotopic (exact) mass is 645 g/mol. The van der Waals surface area contributed by atoms with Crippen molar-refractivity contribution in [2.75, 3.05) is 37.7 Å². The number of nitrogens with zero attached hydrogens (tertiary/aromatic N) is 4. The Kier molecular flexibility index (Phi) is 7.05. The Labute approximate surface area is 270 Å². The molecule has 5 heterocycles. The summed E-state index contributed by atoms with van der Waals surface area (Å²) in [6.07, 6.45) is 5.32. The lowest BCUT2D eigenvalue weighted by atomic mass is 9.79. The van der Waals surface area contributed by atoms with Gasteiger partial charge in [0.1, 0.15) is 35.3 Å². The molecule has 8 rings (SSSR count). The molecule has 1 amide bonds. The van der Waals surface area contributed by atoms with Crippen molar-refractivity contribution in [1.29, 1.82) is 0 Å². The van der Waals surface area contributed by atoms with Gasteiger partial charge in [-0.05, 0) is 97.2 Å². The second kappa shape index (κ2) is 11.0. The zero-order valence-corrected chi connectivity index (χ0v) is 26.6. The van der Waals surface area contributed by atoms with Crippen LogP contribution in [0.5, 0.6) is 11.8 Å². The number of ether oxygens (including phenoxy) is 1. The highest BCUT2D eigenvalue weighted by Crippen LogP contribution is 2.44. The molecule has 47 heavy (non-hydrogen) atoms. The largest absolute Gasteiger partial charge is 0.508 e. The van der Waals surface area contributed by atoms with E-state index in [2.05, 4.69) is 22.1 Å². The summed E-state index contributed by atoms with van der Waals surface area (Å²) in [5, 5.41) is 14.6. The number of β-lactam (4-membered cyclic amide) rings is 1. The van der Waals surface area contributed by atoms with Crippen molar-refractivity contribution in [3.63, 3.8) is 0 Å². The van der Waals surface area contributed by atoms with E-state index in [1.54, 1.807) is 6.92 Å². The topological polar surface area (TPSA) is 90.8 Å². The molecule has 3 atom stereocenters. The Morgan fingerprint density at radius 1 is 1.09 bits per heavy atom. The van der Waals surface area contributed by atoms with Gasteiger partial charge in [0.2, 0.25) is 5.91 Å². The molecule has 4 aliphatic rings. The molecule has 4 aliphatic heterocycles. The van der Waals surface area contributed by atoms with E-state index >= 15 is 13.2 Å². The third-order valence-corrected chi connectivity index (χ3v) is 10.9. The molecule has 3 aromatic carbocycles. The minimum Gasteiger partial charge on any atom is -0.508 e. The van der Waals surface area contributed by atoms with Crippen LogP contribution in [-0.4, -0.2) is 69.7 Å². The number of halogens is 3. The molecule has 1 spiro atoms. The highest BCUT2D eigenvalue weighted by atomic mass is 19.1. The summed E-state index contributed by atoms with van der Waals surface area (Å²) in [5.74, 6) is -1.64. The maximum Gasteiger partial charge on any atom is 0.319 e. The molecule has 0 aliphatic carbocycles. The number of aromatic hydroxyl groups is 1. The van der Waals surface area contributed by atoms with E-state index < -0.39 is 28.6 Å². The lowest BCUT2D eigenvalue weighted by Crippen LogP contribution is -2.68. The summed E-state index contributed by atoms with van der Waals surface area (Å²) in [6, 6.07) is 6.76. The minimum atomic E-state index is -0.939. The number of anilines is 1. The number of carbonyl (C=O) groups excluding carboxylic acids is 1. The van der Waals surface area contributed by atoms with Crippen LogP contribution < -0.4 is 15.0 Å². The van der Waals surface area contributed by atoms with Crippen molar-refractivity contribution in [1.82, 2.24) is 20.2 Å². The Morgan fingerprint density at radius 2 is 1.89 bits per heavy atom. The van der Waals surface area contributed by atoms with E-state index in [9.17, 15) is 9.90 Å². The van der Waals surface area contributed by atoms with Gasteiger partial charge in [0, 0.05) is 25.0 Å². The molecule has 4 aromatic rings. The van der Waals surface area contributed by atoms with Crippen LogP contribution in [0.2, 0.25) is 0 Å². The summed E-state index contributed by atoms with van der Waals surface area (Å²) in [7, 11) is 0. The number of rotatable bonds is 6. The third kappa shape index (κ3) is 4.88.